The molecule has 5 rings (SSSR count). The number of hydrogen-bond acceptors (Lipinski definition) is 3. The number of hydrogen-bond donors (Lipinski definition) is 1. The summed E-state index contributed by atoms with van der Waals surface area (Å²) < 4.78 is 12.2. The van der Waals surface area contributed by atoms with Crippen LogP contribution in [-0.2, 0) is 9.47 Å². The Labute approximate surface area is 172 Å². The van der Waals surface area contributed by atoms with Crippen LogP contribution in [0.5, 0.6) is 0 Å². The molecule has 1 spiro atoms. The first-order chi connectivity index (χ1) is 14.2. The van der Waals surface area contributed by atoms with Crippen molar-refractivity contribution >= 4 is 16.8 Å². The van der Waals surface area contributed by atoms with Gasteiger partial charge in [0.15, 0.2) is 0 Å². The molecule has 0 bridgehead atoms. The van der Waals surface area contributed by atoms with Gasteiger partial charge in [-0.05, 0) is 75.0 Å². The molecule has 3 aliphatic rings. The number of nitrogens with zero attached hydrogens (tertiary/aromatic N) is 1. The number of likely N-dealkylation sites (tertiary alicyclic amines) is 1. The van der Waals surface area contributed by atoms with E-state index < -0.39 is 0 Å². The molecule has 3 fully saturated rings. The highest BCUT2D eigenvalue weighted by Crippen LogP contribution is 2.39. The SMILES string of the molecule is O=C(c1cccc2[nH]ccc12)N1CCC2(CC1)CC(CCOCC1CC1)CCO2. The first-order valence-electron chi connectivity index (χ1n) is 11.3. The summed E-state index contributed by atoms with van der Waals surface area (Å²) in [4.78, 5) is 18.3. The molecule has 3 heterocycles. The molecule has 2 aliphatic heterocycles. The molecule has 156 valence electrons. The highest BCUT2D eigenvalue weighted by atomic mass is 16.5. The van der Waals surface area contributed by atoms with Gasteiger partial charge in [-0.1, -0.05) is 6.07 Å². The number of fused-ring (bicyclic) bond motifs is 1. The van der Waals surface area contributed by atoms with Crippen LogP contribution in [0.1, 0.15) is 55.3 Å². The van der Waals surface area contributed by atoms with Crippen molar-refractivity contribution in [2.45, 2.75) is 50.5 Å². The third-order valence-corrected chi connectivity index (χ3v) is 7.10. The van der Waals surface area contributed by atoms with Gasteiger partial charge in [-0.3, -0.25) is 4.79 Å². The van der Waals surface area contributed by atoms with E-state index >= 15 is 0 Å². The number of piperidine rings is 1. The number of carbonyl (C=O) groups excluding carboxylic acids is 1. The fourth-order valence-corrected chi connectivity index (χ4v) is 5.07. The lowest BCUT2D eigenvalue weighted by atomic mass is 9.78. The second-order valence-electron chi connectivity index (χ2n) is 9.23. The van der Waals surface area contributed by atoms with Gasteiger partial charge in [-0.25, -0.2) is 0 Å². The predicted octanol–water partition coefficient (Wildman–Crippen LogP) is 4.39. The van der Waals surface area contributed by atoms with Crippen molar-refractivity contribution in [3.63, 3.8) is 0 Å². The summed E-state index contributed by atoms with van der Waals surface area (Å²) in [7, 11) is 0. The van der Waals surface area contributed by atoms with Crippen molar-refractivity contribution in [3.05, 3.63) is 36.0 Å². The minimum Gasteiger partial charge on any atom is -0.381 e. The molecule has 1 unspecified atom stereocenters. The zero-order valence-electron chi connectivity index (χ0n) is 17.2. The van der Waals surface area contributed by atoms with E-state index in [1.54, 1.807) is 0 Å². The number of amides is 1. The minimum absolute atomic E-state index is 0.0315. The fraction of sp³-hybridized carbons (Fsp3) is 0.625. The normalized spacial score (nSPS) is 24.3. The van der Waals surface area contributed by atoms with Gasteiger partial charge >= 0.3 is 0 Å². The smallest absolute Gasteiger partial charge is 0.254 e. The largest absolute Gasteiger partial charge is 0.381 e. The summed E-state index contributed by atoms with van der Waals surface area (Å²) in [6, 6.07) is 7.91. The van der Waals surface area contributed by atoms with E-state index in [1.807, 2.05) is 35.4 Å². The van der Waals surface area contributed by atoms with E-state index in [9.17, 15) is 4.79 Å². The van der Waals surface area contributed by atoms with E-state index in [0.29, 0.717) is 5.92 Å². The van der Waals surface area contributed by atoms with E-state index in [4.69, 9.17) is 9.47 Å². The maximum Gasteiger partial charge on any atom is 0.254 e. The third kappa shape index (κ3) is 4.22. The molecule has 2 aromatic rings. The van der Waals surface area contributed by atoms with E-state index in [2.05, 4.69) is 4.98 Å². The van der Waals surface area contributed by atoms with Crippen molar-refractivity contribution in [1.82, 2.24) is 9.88 Å². The third-order valence-electron chi connectivity index (χ3n) is 7.10. The van der Waals surface area contributed by atoms with Crippen molar-refractivity contribution in [3.8, 4) is 0 Å². The van der Waals surface area contributed by atoms with Crippen LogP contribution in [-0.4, -0.2) is 54.3 Å². The Morgan fingerprint density at radius 2 is 2.03 bits per heavy atom. The maximum atomic E-state index is 13.1. The molecule has 1 atom stereocenters. The van der Waals surface area contributed by atoms with Crippen molar-refractivity contribution in [2.75, 3.05) is 32.9 Å². The molecule has 29 heavy (non-hydrogen) atoms. The number of nitrogens with one attached hydrogen (secondary N) is 1. The molecule has 2 saturated heterocycles. The highest BCUT2D eigenvalue weighted by molar-refractivity contribution is 6.06. The number of rotatable bonds is 6. The molecule has 5 nitrogen and oxygen atoms in total. The standard InChI is InChI=1S/C24H32N2O3/c27-23(21-2-1-3-22-20(21)6-11-25-22)26-12-9-24(10-13-26)16-18(8-15-29-24)7-14-28-17-19-4-5-19/h1-3,6,11,18-19,25H,4-5,7-10,12-17H2. The van der Waals surface area contributed by atoms with Gasteiger partial charge in [0.25, 0.3) is 5.91 Å². The van der Waals surface area contributed by atoms with Crippen LogP contribution in [0, 0.1) is 11.8 Å². The first-order valence-corrected chi connectivity index (χ1v) is 11.3. The lowest BCUT2D eigenvalue weighted by molar-refractivity contribution is -0.126. The van der Waals surface area contributed by atoms with Crippen molar-refractivity contribution in [1.29, 1.82) is 0 Å². The van der Waals surface area contributed by atoms with Gasteiger partial charge < -0.3 is 19.4 Å². The van der Waals surface area contributed by atoms with Crippen molar-refractivity contribution < 1.29 is 14.3 Å². The van der Waals surface area contributed by atoms with Crippen LogP contribution in [0.4, 0.5) is 0 Å². The van der Waals surface area contributed by atoms with E-state index in [1.165, 1.54) is 12.8 Å². The van der Waals surface area contributed by atoms with Gasteiger partial charge in [0.05, 0.1) is 5.60 Å². The topological polar surface area (TPSA) is 54.6 Å². The molecular weight excluding hydrogens is 364 g/mol. The highest BCUT2D eigenvalue weighted by Gasteiger charge is 2.41. The molecular formula is C24H32N2O3. The maximum absolute atomic E-state index is 13.1. The van der Waals surface area contributed by atoms with Crippen molar-refractivity contribution in [2.24, 2.45) is 11.8 Å². The quantitative estimate of drug-likeness (QED) is 0.737. The first kappa shape index (κ1) is 19.1. The zero-order chi connectivity index (χ0) is 19.7. The predicted molar refractivity (Wildman–Crippen MR) is 113 cm³/mol. The van der Waals surface area contributed by atoms with Gasteiger partial charge in [0.2, 0.25) is 0 Å². The average Bonchev–Trinajstić information content (AvgIpc) is 3.45. The lowest BCUT2D eigenvalue weighted by Crippen LogP contribution is -2.50. The van der Waals surface area contributed by atoms with Crippen LogP contribution in [0.25, 0.3) is 10.9 Å². The number of benzene rings is 1. The van der Waals surface area contributed by atoms with E-state index in [0.717, 1.165) is 87.4 Å². The number of aromatic nitrogens is 1. The molecule has 5 heteroatoms. The lowest BCUT2D eigenvalue weighted by Gasteiger charge is -2.46. The van der Waals surface area contributed by atoms with Crippen LogP contribution in [0.2, 0.25) is 0 Å². The summed E-state index contributed by atoms with van der Waals surface area (Å²) in [6.07, 6.45) is 9.92. The summed E-state index contributed by atoms with van der Waals surface area (Å²) in [6.45, 7) is 4.26. The Hall–Kier alpha value is -1.85. The van der Waals surface area contributed by atoms with Crippen LogP contribution >= 0.6 is 0 Å². The number of carbonyl (C=O) groups is 1. The molecule has 1 saturated carbocycles. The Morgan fingerprint density at radius 1 is 1.17 bits per heavy atom. The number of H-pyrrole nitrogens is 1. The summed E-state index contributed by atoms with van der Waals surface area (Å²) in [5.41, 5.74) is 1.79. The monoisotopic (exact) mass is 396 g/mol. The van der Waals surface area contributed by atoms with Gasteiger partial charge in [-0.2, -0.15) is 0 Å². The van der Waals surface area contributed by atoms with Gasteiger partial charge in [0, 0.05) is 55.6 Å². The van der Waals surface area contributed by atoms with E-state index in [-0.39, 0.29) is 11.5 Å². The van der Waals surface area contributed by atoms with Gasteiger partial charge in [-0.15, -0.1) is 0 Å². The van der Waals surface area contributed by atoms with Gasteiger partial charge in [0.1, 0.15) is 0 Å². The zero-order valence-corrected chi connectivity index (χ0v) is 17.2. The summed E-state index contributed by atoms with van der Waals surface area (Å²) >= 11 is 0. The second-order valence-corrected chi connectivity index (χ2v) is 9.23. The Balaban J connectivity index is 1.16. The Kier molecular flexibility index (Phi) is 5.35. The molecule has 1 aliphatic carbocycles. The number of ether oxygens (including phenoxy) is 2. The summed E-state index contributed by atoms with van der Waals surface area (Å²) in [5, 5.41) is 1.01. The van der Waals surface area contributed by atoms with Crippen LogP contribution < -0.4 is 0 Å². The summed E-state index contributed by atoms with van der Waals surface area (Å²) in [5.74, 6) is 1.68. The molecule has 1 aromatic carbocycles. The average molecular weight is 397 g/mol. The van der Waals surface area contributed by atoms with Crippen LogP contribution in [0.3, 0.4) is 0 Å². The molecule has 1 N–H and O–H groups in total. The molecule has 1 aromatic heterocycles. The molecule has 0 radical (unpaired) electrons. The number of aromatic amines is 1. The van der Waals surface area contributed by atoms with Crippen LogP contribution in [0.15, 0.2) is 30.5 Å². The fourth-order valence-electron chi connectivity index (χ4n) is 5.07. The Morgan fingerprint density at radius 3 is 2.86 bits per heavy atom. The Bertz CT molecular complexity index is 849. The molecule has 1 amide bonds. The second kappa shape index (κ2) is 8.11. The minimum atomic E-state index is -0.0315.